The lowest BCUT2D eigenvalue weighted by atomic mass is 10.1. The topological polar surface area (TPSA) is 153 Å². The van der Waals surface area contributed by atoms with Crippen LogP contribution in [0, 0.1) is 0 Å². The number of nitrogens with zero attached hydrogens (tertiary/aromatic N) is 3. The van der Waals surface area contributed by atoms with E-state index in [2.05, 4.69) is 9.71 Å². The maximum Gasteiger partial charge on any atom is 0.331 e. The van der Waals surface area contributed by atoms with E-state index < -0.39 is 22.0 Å². The van der Waals surface area contributed by atoms with E-state index in [0.29, 0.717) is 31.4 Å². The number of aromatic nitrogens is 2. The Labute approximate surface area is 231 Å². The summed E-state index contributed by atoms with van der Waals surface area (Å²) in [5, 5.41) is 0.256. The molecule has 0 atom stereocenters. The Morgan fingerprint density at radius 2 is 1.69 bits per heavy atom. The van der Waals surface area contributed by atoms with Gasteiger partial charge in [0.05, 0.1) is 26.5 Å². The normalized spacial score (nSPS) is 11.5. The highest BCUT2D eigenvalue weighted by molar-refractivity contribution is 7.90. The average molecular weight is 569 g/mol. The fraction of sp³-hybridized carbons (Fsp3) is 0.222. The van der Waals surface area contributed by atoms with Crippen molar-refractivity contribution in [3.8, 4) is 5.69 Å². The summed E-state index contributed by atoms with van der Waals surface area (Å²) < 4.78 is 29.2. The Bertz CT molecular complexity index is 1630. The van der Waals surface area contributed by atoms with Gasteiger partial charge in [-0.25, -0.2) is 22.9 Å². The van der Waals surface area contributed by atoms with Gasteiger partial charge in [0.1, 0.15) is 5.82 Å². The van der Waals surface area contributed by atoms with Crippen LogP contribution in [0.5, 0.6) is 0 Å². The Balaban J connectivity index is 1.45. The van der Waals surface area contributed by atoms with Crippen molar-refractivity contribution >= 4 is 44.6 Å². The van der Waals surface area contributed by atoms with E-state index in [0.717, 1.165) is 28.2 Å². The maximum absolute atomic E-state index is 12.6. The molecule has 0 aliphatic carbocycles. The van der Waals surface area contributed by atoms with Gasteiger partial charge >= 0.3 is 6.03 Å². The number of rotatable bonds is 9. The quantitative estimate of drug-likeness (QED) is 0.281. The van der Waals surface area contributed by atoms with Gasteiger partial charge in [0.25, 0.3) is 10.0 Å². The lowest BCUT2D eigenvalue weighted by Crippen LogP contribution is -2.41. The highest BCUT2D eigenvalue weighted by Gasteiger charge is 2.20. The first-order valence-electron chi connectivity index (χ1n) is 12.2. The van der Waals surface area contributed by atoms with Crippen LogP contribution in [0.15, 0.2) is 65.6 Å². The molecular weight excluding hydrogens is 540 g/mol. The van der Waals surface area contributed by atoms with Gasteiger partial charge in [0.2, 0.25) is 5.91 Å². The molecule has 4 rings (SSSR count). The zero-order valence-corrected chi connectivity index (χ0v) is 23.1. The summed E-state index contributed by atoms with van der Waals surface area (Å²) in [5.41, 5.74) is 15.2. The van der Waals surface area contributed by atoms with Gasteiger partial charge in [0, 0.05) is 32.2 Å². The molecule has 0 fully saturated rings. The van der Waals surface area contributed by atoms with Crippen molar-refractivity contribution < 1.29 is 18.0 Å². The predicted molar refractivity (Wildman–Crippen MR) is 150 cm³/mol. The second-order valence-electron chi connectivity index (χ2n) is 9.00. The van der Waals surface area contributed by atoms with E-state index >= 15 is 0 Å². The minimum absolute atomic E-state index is 0.0114. The number of nitrogens with one attached hydrogen (secondary N) is 1. The molecule has 10 nitrogen and oxygen atoms in total. The fourth-order valence-electron chi connectivity index (χ4n) is 4.13. The number of benzene rings is 3. The molecule has 0 saturated carbocycles. The molecule has 0 unspecified atom stereocenters. The highest BCUT2D eigenvalue weighted by Crippen LogP contribution is 2.28. The van der Waals surface area contributed by atoms with Crippen LogP contribution < -0.4 is 16.2 Å². The molecule has 4 aromatic rings. The second kappa shape index (κ2) is 11.4. The van der Waals surface area contributed by atoms with Crippen LogP contribution in [0.2, 0.25) is 5.02 Å². The molecule has 12 heteroatoms. The van der Waals surface area contributed by atoms with Crippen LogP contribution in [-0.2, 0) is 29.4 Å². The number of amides is 3. The number of fused-ring (bicyclic) bond motifs is 1. The van der Waals surface area contributed by atoms with Gasteiger partial charge in [0.15, 0.2) is 0 Å². The van der Waals surface area contributed by atoms with Gasteiger partial charge in [-0.15, -0.1) is 0 Å². The molecule has 0 spiro atoms. The Morgan fingerprint density at radius 1 is 1.05 bits per heavy atom. The monoisotopic (exact) mass is 568 g/mol. The fourth-order valence-corrected chi connectivity index (χ4v) is 5.38. The number of likely N-dealkylation sites (N-methyl/N-ethyl adjacent to an activating group) is 1. The van der Waals surface area contributed by atoms with Crippen molar-refractivity contribution in [1.82, 2.24) is 19.2 Å². The minimum atomic E-state index is -4.00. The smallest absolute Gasteiger partial charge is 0.331 e. The predicted octanol–water partition coefficient (Wildman–Crippen LogP) is 3.37. The molecular formula is C27H29ClN6O4S. The number of carbonyl (C=O) groups is 2. The molecule has 0 radical (unpaired) electrons. The molecule has 0 aliphatic heterocycles. The van der Waals surface area contributed by atoms with Crippen LogP contribution in [0.3, 0.4) is 0 Å². The number of nitrogens with two attached hydrogens (primary N) is 2. The van der Waals surface area contributed by atoms with Crippen LogP contribution >= 0.6 is 11.6 Å². The number of imidazole rings is 1. The van der Waals surface area contributed by atoms with E-state index in [-0.39, 0.29) is 15.5 Å². The van der Waals surface area contributed by atoms with E-state index in [1.54, 1.807) is 24.3 Å². The molecule has 39 heavy (non-hydrogen) atoms. The third-order valence-corrected chi connectivity index (χ3v) is 8.01. The lowest BCUT2D eigenvalue weighted by Gasteiger charge is -2.18. The molecule has 1 aromatic heterocycles. The van der Waals surface area contributed by atoms with Crippen molar-refractivity contribution in [1.29, 1.82) is 0 Å². The molecule has 3 amide bonds. The summed E-state index contributed by atoms with van der Waals surface area (Å²) in [6.07, 6.45) is 1.16. The number of hydrogen-bond donors (Lipinski definition) is 3. The molecule has 204 valence electrons. The van der Waals surface area contributed by atoms with Gasteiger partial charge in [-0.1, -0.05) is 42.8 Å². The number of halogens is 1. The number of sulfonamides is 1. The summed E-state index contributed by atoms with van der Waals surface area (Å²) in [5.74, 6) is 0.182. The summed E-state index contributed by atoms with van der Waals surface area (Å²) >= 11 is 6.30. The van der Waals surface area contributed by atoms with Crippen molar-refractivity contribution in [3.05, 3.63) is 88.2 Å². The molecule has 1 heterocycles. The second-order valence-corrected chi connectivity index (χ2v) is 11.1. The summed E-state index contributed by atoms with van der Waals surface area (Å²) in [7, 11) is -2.47. The largest absolute Gasteiger partial charge is 0.366 e. The minimum Gasteiger partial charge on any atom is -0.366 e. The third kappa shape index (κ3) is 6.06. The van der Waals surface area contributed by atoms with Gasteiger partial charge < -0.3 is 16.4 Å². The average Bonchev–Trinajstić information content (AvgIpc) is 3.28. The van der Waals surface area contributed by atoms with E-state index in [1.165, 1.54) is 24.1 Å². The Kier molecular flexibility index (Phi) is 8.24. The lowest BCUT2D eigenvalue weighted by molar-refractivity contribution is 0.100. The highest BCUT2D eigenvalue weighted by atomic mass is 35.5. The first kappa shape index (κ1) is 28.1. The van der Waals surface area contributed by atoms with Gasteiger partial charge in [-0.2, -0.15) is 0 Å². The first-order chi connectivity index (χ1) is 18.5. The van der Waals surface area contributed by atoms with Crippen molar-refractivity contribution in [2.45, 2.75) is 31.2 Å². The zero-order valence-electron chi connectivity index (χ0n) is 21.5. The van der Waals surface area contributed by atoms with Gasteiger partial charge in [-0.3, -0.25) is 9.36 Å². The zero-order chi connectivity index (χ0) is 28.3. The maximum atomic E-state index is 12.6. The van der Waals surface area contributed by atoms with Crippen LogP contribution in [0.25, 0.3) is 16.7 Å². The van der Waals surface area contributed by atoms with E-state index in [1.807, 2.05) is 35.8 Å². The van der Waals surface area contributed by atoms with Crippen molar-refractivity contribution in [2.75, 3.05) is 13.6 Å². The van der Waals surface area contributed by atoms with Crippen LogP contribution in [0.1, 0.15) is 34.2 Å². The van der Waals surface area contributed by atoms with Crippen LogP contribution in [-0.4, -0.2) is 48.4 Å². The number of urea groups is 1. The Hall–Kier alpha value is -3.93. The van der Waals surface area contributed by atoms with E-state index in [4.69, 9.17) is 23.1 Å². The van der Waals surface area contributed by atoms with Gasteiger partial charge in [-0.05, 0) is 53.9 Å². The number of hydrogen-bond acceptors (Lipinski definition) is 6. The van der Waals surface area contributed by atoms with Crippen LogP contribution in [0.4, 0.5) is 4.79 Å². The molecule has 0 aliphatic rings. The summed E-state index contributed by atoms with van der Waals surface area (Å²) in [4.78, 5) is 30.2. The van der Waals surface area contributed by atoms with Crippen molar-refractivity contribution in [2.24, 2.45) is 11.5 Å². The number of primary amides is 1. The van der Waals surface area contributed by atoms with Crippen molar-refractivity contribution in [3.63, 3.8) is 0 Å². The summed E-state index contributed by atoms with van der Waals surface area (Å²) in [6, 6.07) is 16.3. The Morgan fingerprint density at radius 3 is 2.28 bits per heavy atom. The molecule has 0 saturated heterocycles. The van der Waals surface area contributed by atoms with E-state index in [9.17, 15) is 18.0 Å². The summed E-state index contributed by atoms with van der Waals surface area (Å²) in [6.45, 7) is 2.58. The number of aryl methyl sites for hydroxylation is 1. The standard InChI is InChI=1S/C27H29ClN6O4S/c1-3-25-31-23-14-21(26(30)35)22(28)15-24(23)34(25)19-8-4-17(5-9-19)12-13-33(2)27(36)32-39(37,38)20-10-6-18(16-29)7-11-20/h4-11,14-15H,3,12-13,16,29H2,1-2H3,(H2,30,35)(H,32,36). The SMILES string of the molecule is CCc1nc2cc(C(N)=O)c(Cl)cc2n1-c1ccc(CCN(C)C(=O)NS(=O)(=O)c2ccc(CN)cc2)cc1. The molecule has 0 bridgehead atoms. The third-order valence-electron chi connectivity index (χ3n) is 6.36. The molecule has 5 N–H and O–H groups in total. The molecule has 3 aromatic carbocycles. The first-order valence-corrected chi connectivity index (χ1v) is 14.1. The number of carbonyl (C=O) groups excluding carboxylic acids is 2.